The maximum atomic E-state index is 4.57. The minimum absolute atomic E-state index is 0.432. The monoisotopic (exact) mass is 334 g/mol. The van der Waals surface area contributed by atoms with Gasteiger partial charge in [-0.1, -0.05) is 13.3 Å². The number of rotatable bonds is 3. The van der Waals surface area contributed by atoms with Crippen LogP contribution in [0.3, 0.4) is 0 Å². The molecule has 2 aromatic rings. The second-order valence-corrected chi connectivity index (χ2v) is 6.06. The number of nitrogens with one attached hydrogen (secondary N) is 1. The molecule has 0 spiro atoms. The highest BCUT2D eigenvalue weighted by Crippen LogP contribution is 2.29. The Morgan fingerprint density at radius 3 is 3.00 bits per heavy atom. The van der Waals surface area contributed by atoms with Crippen molar-refractivity contribution in [3.05, 3.63) is 40.3 Å². The molecule has 3 rings (SSSR count). The lowest BCUT2D eigenvalue weighted by atomic mass is 10.1. The lowest BCUT2D eigenvalue weighted by Crippen LogP contribution is -2.20. The van der Waals surface area contributed by atoms with Crippen molar-refractivity contribution >= 4 is 15.9 Å². The zero-order valence-corrected chi connectivity index (χ0v) is 13.2. The first-order valence-corrected chi connectivity index (χ1v) is 8.01. The van der Waals surface area contributed by atoms with Gasteiger partial charge in [0.05, 0.1) is 11.9 Å². The molecule has 0 bridgehead atoms. The third kappa shape index (κ3) is 2.65. The predicted octanol–water partition coefficient (Wildman–Crippen LogP) is 3.41. The molecule has 1 unspecified atom stereocenters. The first-order chi connectivity index (χ1) is 9.79. The van der Waals surface area contributed by atoms with E-state index >= 15 is 0 Å². The van der Waals surface area contributed by atoms with Gasteiger partial charge in [-0.3, -0.25) is 0 Å². The number of pyridine rings is 1. The molecule has 0 aliphatic heterocycles. The van der Waals surface area contributed by atoms with Gasteiger partial charge in [-0.2, -0.15) is 5.10 Å². The number of fused-ring (bicyclic) bond motifs is 1. The molecule has 0 saturated carbocycles. The maximum absolute atomic E-state index is 4.57. The van der Waals surface area contributed by atoms with Crippen molar-refractivity contribution in [2.24, 2.45) is 0 Å². The Bertz CT molecular complexity index is 576. The zero-order chi connectivity index (χ0) is 13.9. The lowest BCUT2D eigenvalue weighted by molar-refractivity contribution is 0.503. The highest BCUT2D eigenvalue weighted by Gasteiger charge is 2.22. The summed E-state index contributed by atoms with van der Waals surface area (Å²) in [5.74, 6) is 0.895. The van der Waals surface area contributed by atoms with Gasteiger partial charge in [0.15, 0.2) is 5.82 Å². The van der Waals surface area contributed by atoms with Crippen LogP contribution in [0.25, 0.3) is 5.82 Å². The predicted molar refractivity (Wildman–Crippen MR) is 83.0 cm³/mol. The standard InChI is InChI=1S/C15H19BrN4/c1-2-17-13-5-3-4-6-14-12(13)10-19-20(14)15-8-7-11(16)9-18-15/h7-10,13,17H,2-6H2,1H3. The minimum atomic E-state index is 0.432. The molecule has 1 aliphatic rings. The van der Waals surface area contributed by atoms with Crippen LogP contribution in [0.1, 0.15) is 43.5 Å². The summed E-state index contributed by atoms with van der Waals surface area (Å²) >= 11 is 3.42. The lowest BCUT2D eigenvalue weighted by Gasteiger charge is -2.15. The molecule has 2 heterocycles. The van der Waals surface area contributed by atoms with Crippen molar-refractivity contribution in [2.75, 3.05) is 6.54 Å². The minimum Gasteiger partial charge on any atom is -0.310 e. The number of hydrogen-bond donors (Lipinski definition) is 1. The number of hydrogen-bond acceptors (Lipinski definition) is 3. The van der Waals surface area contributed by atoms with E-state index in [1.807, 2.05) is 29.2 Å². The van der Waals surface area contributed by atoms with Crippen molar-refractivity contribution in [2.45, 2.75) is 38.6 Å². The number of aromatic nitrogens is 3. The van der Waals surface area contributed by atoms with Gasteiger partial charge in [0.2, 0.25) is 0 Å². The van der Waals surface area contributed by atoms with Gasteiger partial charge in [-0.25, -0.2) is 9.67 Å². The van der Waals surface area contributed by atoms with Crippen molar-refractivity contribution in [1.82, 2.24) is 20.1 Å². The topological polar surface area (TPSA) is 42.7 Å². The molecule has 106 valence electrons. The summed E-state index contributed by atoms with van der Waals surface area (Å²) in [7, 11) is 0. The molecule has 0 fully saturated rings. The van der Waals surface area contributed by atoms with Crippen LogP contribution in [-0.2, 0) is 6.42 Å². The summed E-state index contributed by atoms with van der Waals surface area (Å²) in [5, 5.41) is 8.14. The zero-order valence-electron chi connectivity index (χ0n) is 11.6. The summed E-state index contributed by atoms with van der Waals surface area (Å²) in [6.07, 6.45) is 8.59. The molecular formula is C15H19BrN4. The maximum Gasteiger partial charge on any atom is 0.153 e. The Hall–Kier alpha value is -1.20. The van der Waals surface area contributed by atoms with E-state index in [0.29, 0.717) is 6.04 Å². The normalized spacial score (nSPS) is 18.6. The van der Waals surface area contributed by atoms with Crippen LogP contribution in [0.5, 0.6) is 0 Å². The third-order valence-corrected chi connectivity index (χ3v) is 4.28. The third-order valence-electron chi connectivity index (χ3n) is 3.81. The molecule has 1 atom stereocenters. The van der Waals surface area contributed by atoms with Crippen LogP contribution >= 0.6 is 15.9 Å². The SMILES string of the molecule is CCNC1CCCCc2c1cnn2-c1ccc(Br)cn1. The molecule has 1 N–H and O–H groups in total. The smallest absolute Gasteiger partial charge is 0.153 e. The molecule has 0 aromatic carbocycles. The van der Waals surface area contributed by atoms with Crippen LogP contribution in [0.4, 0.5) is 0 Å². The second kappa shape index (κ2) is 6.06. The van der Waals surface area contributed by atoms with E-state index in [1.165, 1.54) is 30.5 Å². The largest absolute Gasteiger partial charge is 0.310 e. The van der Waals surface area contributed by atoms with Gasteiger partial charge in [-0.05, 0) is 53.9 Å². The molecule has 0 radical (unpaired) electrons. The van der Waals surface area contributed by atoms with Crippen molar-refractivity contribution in [3.8, 4) is 5.82 Å². The van der Waals surface area contributed by atoms with Crippen LogP contribution in [0.15, 0.2) is 29.0 Å². The highest BCUT2D eigenvalue weighted by molar-refractivity contribution is 9.10. The van der Waals surface area contributed by atoms with Crippen molar-refractivity contribution in [3.63, 3.8) is 0 Å². The van der Waals surface area contributed by atoms with Gasteiger partial charge < -0.3 is 5.32 Å². The molecule has 0 saturated heterocycles. The summed E-state index contributed by atoms with van der Waals surface area (Å²) in [5.41, 5.74) is 2.65. The Morgan fingerprint density at radius 1 is 1.35 bits per heavy atom. The van der Waals surface area contributed by atoms with E-state index in [-0.39, 0.29) is 0 Å². The van der Waals surface area contributed by atoms with E-state index in [2.05, 4.69) is 38.3 Å². The van der Waals surface area contributed by atoms with Crippen LogP contribution < -0.4 is 5.32 Å². The van der Waals surface area contributed by atoms with E-state index in [0.717, 1.165) is 23.3 Å². The fourth-order valence-corrected chi connectivity index (χ4v) is 3.11. The summed E-state index contributed by atoms with van der Waals surface area (Å²) in [6.45, 7) is 3.15. The fourth-order valence-electron chi connectivity index (χ4n) is 2.87. The van der Waals surface area contributed by atoms with Crippen molar-refractivity contribution < 1.29 is 0 Å². The Morgan fingerprint density at radius 2 is 2.25 bits per heavy atom. The van der Waals surface area contributed by atoms with Gasteiger partial charge >= 0.3 is 0 Å². The van der Waals surface area contributed by atoms with Gasteiger partial charge in [0.25, 0.3) is 0 Å². The Kier molecular flexibility index (Phi) is 4.17. The number of nitrogens with zero attached hydrogens (tertiary/aromatic N) is 3. The van der Waals surface area contributed by atoms with Crippen molar-refractivity contribution in [1.29, 1.82) is 0 Å². The average Bonchev–Trinajstić information content (AvgIpc) is 2.77. The number of halogens is 1. The van der Waals surface area contributed by atoms with E-state index < -0.39 is 0 Å². The average molecular weight is 335 g/mol. The fraction of sp³-hybridized carbons (Fsp3) is 0.467. The quantitative estimate of drug-likeness (QED) is 0.874. The van der Waals surface area contributed by atoms with E-state index in [9.17, 15) is 0 Å². The summed E-state index contributed by atoms with van der Waals surface area (Å²) < 4.78 is 2.99. The Labute approximate surface area is 127 Å². The molecule has 2 aromatic heterocycles. The van der Waals surface area contributed by atoms with Gasteiger partial charge in [0.1, 0.15) is 0 Å². The molecule has 1 aliphatic carbocycles. The Balaban J connectivity index is 2.00. The first-order valence-electron chi connectivity index (χ1n) is 7.21. The van der Waals surface area contributed by atoms with Crippen LogP contribution in [-0.4, -0.2) is 21.3 Å². The van der Waals surface area contributed by atoms with E-state index in [4.69, 9.17) is 0 Å². The highest BCUT2D eigenvalue weighted by atomic mass is 79.9. The molecule has 20 heavy (non-hydrogen) atoms. The van der Waals surface area contributed by atoms with Crippen LogP contribution in [0, 0.1) is 0 Å². The van der Waals surface area contributed by atoms with Gasteiger partial charge in [0, 0.05) is 22.3 Å². The summed E-state index contributed by atoms with van der Waals surface area (Å²) in [4.78, 5) is 4.46. The molecule has 5 heteroatoms. The first kappa shape index (κ1) is 13.8. The van der Waals surface area contributed by atoms with Gasteiger partial charge in [-0.15, -0.1) is 0 Å². The van der Waals surface area contributed by atoms with E-state index in [1.54, 1.807) is 0 Å². The summed E-state index contributed by atoms with van der Waals surface area (Å²) in [6, 6.07) is 4.45. The molecule has 4 nitrogen and oxygen atoms in total. The molecule has 0 amide bonds. The molecular weight excluding hydrogens is 316 g/mol. The van der Waals surface area contributed by atoms with Crippen LogP contribution in [0.2, 0.25) is 0 Å². The second-order valence-electron chi connectivity index (χ2n) is 5.15.